The van der Waals surface area contributed by atoms with Crippen molar-refractivity contribution in [1.82, 2.24) is 0 Å². The van der Waals surface area contributed by atoms with Gasteiger partial charge in [-0.3, -0.25) is 4.79 Å². The van der Waals surface area contributed by atoms with Crippen LogP contribution in [0.5, 0.6) is 0 Å². The van der Waals surface area contributed by atoms with E-state index in [1.807, 2.05) is 0 Å². The molecule has 0 amide bonds. The van der Waals surface area contributed by atoms with Crippen LogP contribution in [0.25, 0.3) is 0 Å². The summed E-state index contributed by atoms with van der Waals surface area (Å²) in [5.74, 6) is 0.400. The van der Waals surface area contributed by atoms with E-state index in [1.165, 1.54) is 6.92 Å². The first-order chi connectivity index (χ1) is 12.6. The van der Waals surface area contributed by atoms with Crippen molar-refractivity contribution in [3.8, 4) is 0 Å². The van der Waals surface area contributed by atoms with Gasteiger partial charge in [-0.05, 0) is 72.7 Å². The van der Waals surface area contributed by atoms with Gasteiger partial charge in [-0.15, -0.1) is 0 Å². The molecule has 0 saturated heterocycles. The van der Waals surface area contributed by atoms with E-state index in [1.54, 1.807) is 0 Å². The zero-order valence-corrected chi connectivity index (χ0v) is 17.0. The molecule has 3 aliphatic carbocycles. The highest BCUT2D eigenvalue weighted by Gasteiger charge is 2.58. The summed E-state index contributed by atoms with van der Waals surface area (Å²) in [6.45, 7) is 10.5. The summed E-state index contributed by atoms with van der Waals surface area (Å²) in [7, 11) is 0. The number of carbonyl (C=O) groups excluding carboxylic acids is 1. The fourth-order valence-electron chi connectivity index (χ4n) is 6.64. The minimum Gasteiger partial charge on any atom is -0.466 e. The molecule has 0 unspecified atom stereocenters. The highest BCUT2D eigenvalue weighted by Crippen LogP contribution is 2.63. The fourth-order valence-corrected chi connectivity index (χ4v) is 6.64. The summed E-state index contributed by atoms with van der Waals surface area (Å²) in [5.41, 5.74) is 0.711. The first-order valence-corrected chi connectivity index (χ1v) is 10.4. The van der Waals surface area contributed by atoms with Crippen molar-refractivity contribution in [1.29, 1.82) is 0 Å². The van der Waals surface area contributed by atoms with Gasteiger partial charge in [0.25, 0.3) is 0 Å². The molecule has 0 aromatic rings. The smallest absolute Gasteiger partial charge is 0.302 e. The Bertz CT molecular complexity index is 589. The van der Waals surface area contributed by atoms with Gasteiger partial charge in [0.2, 0.25) is 0 Å². The van der Waals surface area contributed by atoms with Crippen LogP contribution in [0.15, 0.2) is 12.2 Å². The van der Waals surface area contributed by atoms with E-state index in [0.717, 1.165) is 31.3 Å². The lowest BCUT2D eigenvalue weighted by molar-refractivity contribution is -0.150. The quantitative estimate of drug-likeness (QED) is 0.516. The van der Waals surface area contributed by atoms with E-state index in [2.05, 4.69) is 20.4 Å². The van der Waals surface area contributed by atoms with Crippen LogP contribution in [0, 0.1) is 34.5 Å². The van der Waals surface area contributed by atoms with E-state index < -0.39 is 6.10 Å². The maximum absolute atomic E-state index is 11.4. The van der Waals surface area contributed by atoms with Gasteiger partial charge in [0.15, 0.2) is 0 Å². The van der Waals surface area contributed by atoms with Crippen LogP contribution < -0.4 is 0 Å². The summed E-state index contributed by atoms with van der Waals surface area (Å²) in [6, 6.07) is 0. The van der Waals surface area contributed by atoms with Crippen molar-refractivity contribution in [2.45, 2.75) is 71.5 Å². The highest BCUT2D eigenvalue weighted by atomic mass is 16.5. The van der Waals surface area contributed by atoms with Crippen molar-refractivity contribution in [2.24, 2.45) is 34.5 Å². The number of carbonyl (C=O) groups is 1. The molecule has 0 heterocycles. The Morgan fingerprint density at radius 2 is 1.89 bits per heavy atom. The molecule has 154 valence electrons. The number of aliphatic hydroxyl groups is 3. The summed E-state index contributed by atoms with van der Waals surface area (Å²) in [5, 5.41) is 31.0. The molecule has 0 radical (unpaired) electrons. The van der Waals surface area contributed by atoms with E-state index in [9.17, 15) is 20.1 Å². The Kier molecular flexibility index (Phi) is 5.77. The molecule has 0 aromatic carbocycles. The summed E-state index contributed by atoms with van der Waals surface area (Å²) >= 11 is 0. The average Bonchev–Trinajstić information content (AvgIpc) is 2.85. The highest BCUT2D eigenvalue weighted by molar-refractivity contribution is 5.65. The predicted molar refractivity (Wildman–Crippen MR) is 103 cm³/mol. The predicted octanol–water partition coefficient (Wildman–Crippen LogP) is 2.68. The number of fused-ring (bicyclic) bond motifs is 1. The summed E-state index contributed by atoms with van der Waals surface area (Å²) in [6.07, 6.45) is 4.02. The fraction of sp³-hybridized carbons (Fsp3) is 0.864. The van der Waals surface area contributed by atoms with Crippen molar-refractivity contribution in [3.05, 3.63) is 12.2 Å². The lowest BCUT2D eigenvalue weighted by Gasteiger charge is -2.56. The van der Waals surface area contributed by atoms with Crippen LogP contribution in [0.3, 0.4) is 0 Å². The number of esters is 1. The minimum atomic E-state index is -0.481. The maximum atomic E-state index is 11.4. The van der Waals surface area contributed by atoms with Gasteiger partial charge in [0.1, 0.15) is 0 Å². The number of rotatable bonds is 4. The molecule has 3 fully saturated rings. The average molecular weight is 381 g/mol. The number of ether oxygens (including phenoxy) is 1. The van der Waals surface area contributed by atoms with Crippen LogP contribution >= 0.6 is 0 Å². The molecule has 8 atom stereocenters. The van der Waals surface area contributed by atoms with Gasteiger partial charge in [0.05, 0.1) is 18.8 Å². The molecule has 0 bridgehead atoms. The van der Waals surface area contributed by atoms with Gasteiger partial charge in [-0.1, -0.05) is 20.4 Å². The van der Waals surface area contributed by atoms with Gasteiger partial charge < -0.3 is 20.1 Å². The molecule has 0 aliphatic heterocycles. The Labute approximate surface area is 162 Å². The third kappa shape index (κ3) is 3.47. The Morgan fingerprint density at radius 3 is 2.52 bits per heavy atom. The molecule has 0 spiro atoms. The Morgan fingerprint density at radius 1 is 1.19 bits per heavy atom. The van der Waals surface area contributed by atoms with Crippen LogP contribution in [0.4, 0.5) is 0 Å². The van der Waals surface area contributed by atoms with Crippen LogP contribution in [0.1, 0.15) is 59.3 Å². The van der Waals surface area contributed by atoms with E-state index in [0.29, 0.717) is 19.4 Å². The van der Waals surface area contributed by atoms with Gasteiger partial charge >= 0.3 is 5.97 Å². The Hall–Kier alpha value is -0.910. The molecule has 3 rings (SSSR count). The van der Waals surface area contributed by atoms with Crippen LogP contribution in [0.2, 0.25) is 0 Å². The molecule has 3 saturated carbocycles. The molecular formula is C22H36O5. The second-order valence-corrected chi connectivity index (χ2v) is 9.73. The largest absolute Gasteiger partial charge is 0.466 e. The normalized spacial score (nSPS) is 47.6. The lowest BCUT2D eigenvalue weighted by Crippen LogP contribution is -2.52. The summed E-state index contributed by atoms with van der Waals surface area (Å²) in [4.78, 5) is 11.4. The van der Waals surface area contributed by atoms with E-state index >= 15 is 0 Å². The molecule has 3 aliphatic rings. The third-order valence-corrected chi connectivity index (χ3v) is 8.49. The second-order valence-electron chi connectivity index (χ2n) is 9.73. The molecule has 0 aromatic heterocycles. The SMILES string of the molecule is C=C1[C@@H](O)C[C@H]2[C@H](CO)[C@@H]([C@@]3(C)CC[C@H](O)C[C@@H]3COC(C)=O)CC[C@]12C. The zero-order valence-electron chi connectivity index (χ0n) is 17.0. The number of hydrogen-bond acceptors (Lipinski definition) is 5. The first kappa shape index (κ1) is 20.8. The number of hydrogen-bond donors (Lipinski definition) is 3. The molecule has 5 nitrogen and oxygen atoms in total. The Balaban J connectivity index is 1.88. The minimum absolute atomic E-state index is 0.0862. The lowest BCUT2D eigenvalue weighted by atomic mass is 9.49. The van der Waals surface area contributed by atoms with Crippen molar-refractivity contribution >= 4 is 5.97 Å². The third-order valence-electron chi connectivity index (χ3n) is 8.49. The van der Waals surface area contributed by atoms with Gasteiger partial charge in [0, 0.05) is 19.4 Å². The van der Waals surface area contributed by atoms with E-state index in [4.69, 9.17) is 4.74 Å². The van der Waals surface area contributed by atoms with E-state index in [-0.39, 0.29) is 53.2 Å². The van der Waals surface area contributed by atoms with Crippen molar-refractivity contribution in [2.75, 3.05) is 13.2 Å². The second kappa shape index (κ2) is 7.49. The standard InChI is InChI=1S/C22H36O5/c1-13-20(26)10-19-17(11-23)18(6-8-21(13,19)3)22(4)7-5-16(25)9-15(22)12-27-14(2)24/h15-20,23,25-26H,1,5-12H2,2-4H3/t15-,16+,17-,18+,19+,20+,21-,22+/m1/s1. The van der Waals surface area contributed by atoms with Crippen LogP contribution in [-0.4, -0.2) is 46.7 Å². The molecule has 27 heavy (non-hydrogen) atoms. The monoisotopic (exact) mass is 380 g/mol. The molecule has 3 N–H and O–H groups in total. The van der Waals surface area contributed by atoms with Crippen molar-refractivity contribution < 1.29 is 24.9 Å². The van der Waals surface area contributed by atoms with Crippen LogP contribution in [-0.2, 0) is 9.53 Å². The maximum Gasteiger partial charge on any atom is 0.302 e. The van der Waals surface area contributed by atoms with Gasteiger partial charge in [-0.25, -0.2) is 0 Å². The van der Waals surface area contributed by atoms with Gasteiger partial charge in [-0.2, -0.15) is 0 Å². The zero-order chi connectivity index (χ0) is 20.0. The summed E-state index contributed by atoms with van der Waals surface area (Å²) < 4.78 is 5.36. The molecular weight excluding hydrogens is 344 g/mol. The first-order valence-electron chi connectivity index (χ1n) is 10.4. The molecule has 5 heteroatoms. The number of aliphatic hydroxyl groups excluding tert-OH is 3. The van der Waals surface area contributed by atoms with Crippen molar-refractivity contribution in [3.63, 3.8) is 0 Å². The topological polar surface area (TPSA) is 87.0 Å².